The molecule has 1 aliphatic heterocycles. The highest BCUT2D eigenvalue weighted by atomic mass is 16.6. The summed E-state index contributed by atoms with van der Waals surface area (Å²) in [6, 6.07) is 4.41. The van der Waals surface area contributed by atoms with Crippen LogP contribution < -0.4 is 15.2 Å². The zero-order valence-electron chi connectivity index (χ0n) is 12.1. The van der Waals surface area contributed by atoms with Gasteiger partial charge < -0.3 is 15.2 Å². The van der Waals surface area contributed by atoms with Crippen LogP contribution in [0.3, 0.4) is 0 Å². The number of ether oxygens (including phenoxy) is 2. The van der Waals surface area contributed by atoms with Gasteiger partial charge in [-0.25, -0.2) is 0 Å². The van der Waals surface area contributed by atoms with Crippen LogP contribution in [0.15, 0.2) is 12.1 Å². The second kappa shape index (κ2) is 6.15. The minimum Gasteiger partial charge on any atom is -0.486 e. The SMILES string of the molecule is CCCN(Cc1cc2c(cc1N)OCCO2)C(C)C. The second-order valence-electron chi connectivity index (χ2n) is 5.26. The molecule has 19 heavy (non-hydrogen) atoms. The zero-order valence-corrected chi connectivity index (χ0v) is 12.1. The Hall–Kier alpha value is -1.42. The van der Waals surface area contributed by atoms with Crippen molar-refractivity contribution in [1.82, 2.24) is 4.90 Å². The molecular weight excluding hydrogens is 240 g/mol. The van der Waals surface area contributed by atoms with Gasteiger partial charge in [-0.1, -0.05) is 6.92 Å². The van der Waals surface area contributed by atoms with Crippen LogP contribution >= 0.6 is 0 Å². The third-order valence-corrected chi connectivity index (χ3v) is 3.42. The molecule has 2 rings (SSSR count). The summed E-state index contributed by atoms with van der Waals surface area (Å²) in [5, 5.41) is 0. The molecule has 106 valence electrons. The van der Waals surface area contributed by atoms with Gasteiger partial charge >= 0.3 is 0 Å². The number of nitrogens with two attached hydrogens (primary N) is 1. The normalized spacial score (nSPS) is 14.2. The first kappa shape index (κ1) is 14.0. The van der Waals surface area contributed by atoms with E-state index in [4.69, 9.17) is 15.2 Å². The van der Waals surface area contributed by atoms with Crippen LogP contribution in [0.5, 0.6) is 11.5 Å². The Kier molecular flexibility index (Phi) is 4.53. The molecule has 0 spiro atoms. The van der Waals surface area contributed by atoms with Crippen LogP contribution in [0.2, 0.25) is 0 Å². The number of nitrogens with zero attached hydrogens (tertiary/aromatic N) is 1. The minimum atomic E-state index is 0.507. The molecule has 0 aromatic heterocycles. The van der Waals surface area contributed by atoms with Crippen molar-refractivity contribution in [3.8, 4) is 11.5 Å². The summed E-state index contributed by atoms with van der Waals surface area (Å²) < 4.78 is 11.2. The van der Waals surface area contributed by atoms with E-state index in [0.717, 1.165) is 42.3 Å². The largest absolute Gasteiger partial charge is 0.486 e. The first-order valence-electron chi connectivity index (χ1n) is 7.03. The van der Waals surface area contributed by atoms with E-state index in [1.165, 1.54) is 0 Å². The molecule has 0 saturated carbocycles. The Morgan fingerprint density at radius 2 is 1.84 bits per heavy atom. The minimum absolute atomic E-state index is 0.507. The summed E-state index contributed by atoms with van der Waals surface area (Å²) in [6.45, 7) is 9.76. The average molecular weight is 264 g/mol. The monoisotopic (exact) mass is 264 g/mol. The number of rotatable bonds is 5. The van der Waals surface area contributed by atoms with Crippen molar-refractivity contribution in [3.05, 3.63) is 17.7 Å². The molecule has 0 atom stereocenters. The lowest BCUT2D eigenvalue weighted by Gasteiger charge is -2.27. The molecule has 0 saturated heterocycles. The van der Waals surface area contributed by atoms with Gasteiger partial charge in [-0.05, 0) is 38.4 Å². The fourth-order valence-corrected chi connectivity index (χ4v) is 2.31. The van der Waals surface area contributed by atoms with E-state index >= 15 is 0 Å². The van der Waals surface area contributed by atoms with Crippen LogP contribution in [0.1, 0.15) is 32.8 Å². The van der Waals surface area contributed by atoms with Crippen LogP contribution in [-0.4, -0.2) is 30.7 Å². The lowest BCUT2D eigenvalue weighted by atomic mass is 10.1. The van der Waals surface area contributed by atoms with Crippen LogP contribution in [-0.2, 0) is 6.54 Å². The first-order chi connectivity index (χ1) is 9.11. The third-order valence-electron chi connectivity index (χ3n) is 3.42. The molecule has 0 amide bonds. The molecule has 4 nitrogen and oxygen atoms in total. The van der Waals surface area contributed by atoms with Crippen LogP contribution in [0, 0.1) is 0 Å². The quantitative estimate of drug-likeness (QED) is 0.831. The Morgan fingerprint density at radius 1 is 1.21 bits per heavy atom. The van der Waals surface area contributed by atoms with E-state index in [2.05, 4.69) is 25.7 Å². The van der Waals surface area contributed by atoms with E-state index in [-0.39, 0.29) is 0 Å². The highest BCUT2D eigenvalue weighted by Gasteiger charge is 2.17. The van der Waals surface area contributed by atoms with E-state index in [0.29, 0.717) is 19.3 Å². The number of hydrogen-bond donors (Lipinski definition) is 1. The molecule has 0 fully saturated rings. The number of hydrogen-bond acceptors (Lipinski definition) is 4. The van der Waals surface area contributed by atoms with Gasteiger partial charge in [0.05, 0.1) is 0 Å². The summed E-state index contributed by atoms with van der Waals surface area (Å²) in [5.41, 5.74) is 8.03. The van der Waals surface area contributed by atoms with E-state index in [9.17, 15) is 0 Å². The molecule has 1 heterocycles. The lowest BCUT2D eigenvalue weighted by molar-refractivity contribution is 0.170. The standard InChI is InChI=1S/C15H24N2O2/c1-4-5-17(11(2)3)10-12-8-14-15(9-13(12)16)19-7-6-18-14/h8-9,11H,4-7,10,16H2,1-3H3. The van der Waals surface area contributed by atoms with Crippen LogP contribution in [0.4, 0.5) is 5.69 Å². The van der Waals surface area contributed by atoms with Gasteiger partial charge in [0.25, 0.3) is 0 Å². The zero-order chi connectivity index (χ0) is 13.8. The summed E-state index contributed by atoms with van der Waals surface area (Å²) in [5.74, 6) is 1.58. The Balaban J connectivity index is 2.19. The Bertz CT molecular complexity index is 432. The topological polar surface area (TPSA) is 47.7 Å². The Morgan fingerprint density at radius 3 is 2.42 bits per heavy atom. The van der Waals surface area contributed by atoms with Gasteiger partial charge in [-0.2, -0.15) is 0 Å². The average Bonchev–Trinajstić information content (AvgIpc) is 2.38. The molecule has 0 unspecified atom stereocenters. The van der Waals surface area contributed by atoms with Crippen molar-refractivity contribution in [2.75, 3.05) is 25.5 Å². The maximum absolute atomic E-state index is 6.13. The number of benzene rings is 1. The van der Waals surface area contributed by atoms with Crippen molar-refractivity contribution in [3.63, 3.8) is 0 Å². The van der Waals surface area contributed by atoms with Crippen molar-refractivity contribution >= 4 is 5.69 Å². The molecule has 1 aromatic carbocycles. The van der Waals surface area contributed by atoms with Crippen LogP contribution in [0.25, 0.3) is 0 Å². The highest BCUT2D eigenvalue weighted by molar-refractivity contribution is 5.58. The van der Waals surface area contributed by atoms with E-state index in [1.807, 2.05) is 12.1 Å². The van der Waals surface area contributed by atoms with Crippen molar-refractivity contribution in [1.29, 1.82) is 0 Å². The predicted octanol–water partition coefficient (Wildman–Crippen LogP) is 2.66. The molecule has 0 bridgehead atoms. The molecule has 1 aromatic rings. The fraction of sp³-hybridized carbons (Fsp3) is 0.600. The maximum Gasteiger partial charge on any atom is 0.163 e. The second-order valence-corrected chi connectivity index (χ2v) is 5.26. The fourth-order valence-electron chi connectivity index (χ4n) is 2.31. The van der Waals surface area contributed by atoms with Crippen molar-refractivity contribution in [2.45, 2.75) is 39.8 Å². The van der Waals surface area contributed by atoms with Crippen molar-refractivity contribution < 1.29 is 9.47 Å². The van der Waals surface area contributed by atoms with Gasteiger partial charge in [0.2, 0.25) is 0 Å². The number of nitrogen functional groups attached to an aromatic ring is 1. The van der Waals surface area contributed by atoms with Crippen molar-refractivity contribution in [2.24, 2.45) is 0 Å². The number of fused-ring (bicyclic) bond motifs is 1. The molecule has 2 N–H and O–H groups in total. The molecule has 0 aliphatic carbocycles. The smallest absolute Gasteiger partial charge is 0.163 e. The molecular formula is C15H24N2O2. The highest BCUT2D eigenvalue weighted by Crippen LogP contribution is 2.35. The third kappa shape index (κ3) is 3.32. The molecule has 0 radical (unpaired) electrons. The Labute approximate surface area is 115 Å². The summed E-state index contributed by atoms with van der Waals surface area (Å²) in [7, 11) is 0. The van der Waals surface area contributed by atoms with E-state index < -0.39 is 0 Å². The summed E-state index contributed by atoms with van der Waals surface area (Å²) in [4.78, 5) is 2.42. The maximum atomic E-state index is 6.13. The summed E-state index contributed by atoms with van der Waals surface area (Å²) >= 11 is 0. The van der Waals surface area contributed by atoms with Gasteiger partial charge in [0, 0.05) is 24.3 Å². The van der Waals surface area contributed by atoms with Gasteiger partial charge in [0.1, 0.15) is 13.2 Å². The molecule has 4 heteroatoms. The van der Waals surface area contributed by atoms with Gasteiger partial charge in [-0.15, -0.1) is 0 Å². The predicted molar refractivity (Wildman–Crippen MR) is 77.7 cm³/mol. The van der Waals surface area contributed by atoms with Gasteiger partial charge in [-0.3, -0.25) is 4.90 Å². The first-order valence-corrected chi connectivity index (χ1v) is 7.03. The van der Waals surface area contributed by atoms with E-state index in [1.54, 1.807) is 0 Å². The summed E-state index contributed by atoms with van der Waals surface area (Å²) in [6.07, 6.45) is 1.14. The number of anilines is 1. The van der Waals surface area contributed by atoms with Gasteiger partial charge in [0.15, 0.2) is 11.5 Å². The molecule has 1 aliphatic rings. The lowest BCUT2D eigenvalue weighted by Crippen LogP contribution is -2.31.